The predicted octanol–water partition coefficient (Wildman–Crippen LogP) is 2.88. The van der Waals surface area contributed by atoms with E-state index in [1.807, 2.05) is 26.0 Å². The van der Waals surface area contributed by atoms with Crippen LogP contribution in [0, 0.1) is 13.8 Å². The van der Waals surface area contributed by atoms with Crippen LogP contribution in [-0.4, -0.2) is 22.9 Å². The van der Waals surface area contributed by atoms with Crippen molar-refractivity contribution in [2.24, 2.45) is 0 Å². The molecule has 0 aliphatic heterocycles. The molecule has 1 aromatic heterocycles. The third kappa shape index (κ3) is 3.58. The van der Waals surface area contributed by atoms with Crippen molar-refractivity contribution in [1.29, 1.82) is 0 Å². The van der Waals surface area contributed by atoms with Gasteiger partial charge in [-0.05, 0) is 26.0 Å². The Kier molecular flexibility index (Phi) is 5.12. The van der Waals surface area contributed by atoms with Gasteiger partial charge in [0.15, 0.2) is 5.78 Å². The normalized spacial score (nSPS) is 9.84. The number of halogens is 1. The summed E-state index contributed by atoms with van der Waals surface area (Å²) in [5, 5.41) is 0. The molecule has 0 saturated heterocycles. The second kappa shape index (κ2) is 6.38. The SMILES string of the molecule is COc1cccc(C(=O)Cc2nc(C)c(C)[nH]2)c1.Cl. The van der Waals surface area contributed by atoms with Crippen molar-refractivity contribution >= 4 is 18.2 Å². The number of methoxy groups -OCH3 is 1. The number of carbonyl (C=O) groups is 1. The topological polar surface area (TPSA) is 55.0 Å². The van der Waals surface area contributed by atoms with Gasteiger partial charge in [0.2, 0.25) is 0 Å². The van der Waals surface area contributed by atoms with Crippen LogP contribution in [0.5, 0.6) is 5.75 Å². The van der Waals surface area contributed by atoms with Crippen LogP contribution in [0.2, 0.25) is 0 Å². The van der Waals surface area contributed by atoms with Crippen molar-refractivity contribution in [3.8, 4) is 5.75 Å². The Hall–Kier alpha value is -1.81. The number of aromatic nitrogens is 2. The van der Waals surface area contributed by atoms with Crippen LogP contribution in [0.3, 0.4) is 0 Å². The molecule has 0 radical (unpaired) electrons. The number of hydrogen-bond donors (Lipinski definition) is 1. The molecule has 19 heavy (non-hydrogen) atoms. The van der Waals surface area contributed by atoms with Crippen LogP contribution in [0.1, 0.15) is 27.6 Å². The summed E-state index contributed by atoms with van der Waals surface area (Å²) < 4.78 is 5.10. The third-order valence-electron chi connectivity index (χ3n) is 2.90. The van der Waals surface area contributed by atoms with E-state index in [9.17, 15) is 4.79 Å². The molecule has 0 saturated carbocycles. The summed E-state index contributed by atoms with van der Waals surface area (Å²) in [5.74, 6) is 1.42. The number of carbonyl (C=O) groups excluding carboxylic acids is 1. The minimum Gasteiger partial charge on any atom is -0.497 e. The molecule has 1 heterocycles. The number of Topliss-reactive ketones (excluding diaryl/α,β-unsaturated/α-hetero) is 1. The highest BCUT2D eigenvalue weighted by Gasteiger charge is 2.11. The molecule has 1 N–H and O–H groups in total. The summed E-state index contributed by atoms with van der Waals surface area (Å²) in [6, 6.07) is 7.15. The first-order chi connectivity index (χ1) is 8.60. The minimum atomic E-state index is 0. The van der Waals surface area contributed by atoms with E-state index < -0.39 is 0 Å². The molecule has 0 fully saturated rings. The van der Waals surface area contributed by atoms with E-state index in [1.54, 1.807) is 19.2 Å². The maximum absolute atomic E-state index is 12.1. The largest absolute Gasteiger partial charge is 0.497 e. The molecule has 0 bridgehead atoms. The van der Waals surface area contributed by atoms with Gasteiger partial charge in [0.1, 0.15) is 11.6 Å². The number of imidazole rings is 1. The van der Waals surface area contributed by atoms with Gasteiger partial charge in [-0.3, -0.25) is 4.79 Å². The van der Waals surface area contributed by atoms with E-state index in [1.165, 1.54) is 0 Å². The number of rotatable bonds is 4. The molecule has 0 atom stereocenters. The second-order valence-electron chi connectivity index (χ2n) is 4.23. The zero-order chi connectivity index (χ0) is 13.1. The number of hydrogen-bond acceptors (Lipinski definition) is 3. The number of nitrogens with zero attached hydrogens (tertiary/aromatic N) is 1. The monoisotopic (exact) mass is 280 g/mol. The molecular formula is C14H17ClN2O2. The second-order valence-corrected chi connectivity index (χ2v) is 4.23. The summed E-state index contributed by atoms with van der Waals surface area (Å²) in [6.07, 6.45) is 0.280. The lowest BCUT2D eigenvalue weighted by atomic mass is 10.1. The maximum Gasteiger partial charge on any atom is 0.170 e. The van der Waals surface area contributed by atoms with Gasteiger partial charge in [0, 0.05) is 11.3 Å². The lowest BCUT2D eigenvalue weighted by Gasteiger charge is -2.02. The number of H-pyrrole nitrogens is 1. The van der Waals surface area contributed by atoms with Crippen LogP contribution in [0.15, 0.2) is 24.3 Å². The molecule has 1 aromatic carbocycles. The van der Waals surface area contributed by atoms with Gasteiger partial charge in [0.25, 0.3) is 0 Å². The Morgan fingerprint density at radius 1 is 1.37 bits per heavy atom. The van der Waals surface area contributed by atoms with Gasteiger partial charge in [-0.15, -0.1) is 12.4 Å². The predicted molar refractivity (Wildman–Crippen MR) is 76.3 cm³/mol. The van der Waals surface area contributed by atoms with Crippen molar-refractivity contribution in [2.75, 3.05) is 7.11 Å². The van der Waals surface area contributed by atoms with Crippen molar-refractivity contribution in [3.05, 3.63) is 47.0 Å². The number of aryl methyl sites for hydroxylation is 2. The van der Waals surface area contributed by atoms with Gasteiger partial charge < -0.3 is 9.72 Å². The van der Waals surface area contributed by atoms with E-state index in [4.69, 9.17) is 4.74 Å². The molecule has 2 aromatic rings. The Labute approximate surface area is 118 Å². The highest BCUT2D eigenvalue weighted by Crippen LogP contribution is 2.14. The standard InChI is InChI=1S/C14H16N2O2.ClH/c1-9-10(2)16-14(15-9)8-13(17)11-5-4-6-12(7-11)18-3;/h4-7H,8H2,1-3H3,(H,15,16);1H. The number of nitrogens with one attached hydrogen (secondary N) is 1. The van der Waals surface area contributed by atoms with E-state index >= 15 is 0 Å². The zero-order valence-electron chi connectivity index (χ0n) is 11.2. The summed E-state index contributed by atoms with van der Waals surface area (Å²) in [4.78, 5) is 19.5. The highest BCUT2D eigenvalue weighted by molar-refractivity contribution is 5.97. The summed E-state index contributed by atoms with van der Waals surface area (Å²) in [5.41, 5.74) is 2.58. The Morgan fingerprint density at radius 3 is 2.68 bits per heavy atom. The van der Waals surface area contributed by atoms with Crippen molar-refractivity contribution < 1.29 is 9.53 Å². The first kappa shape index (κ1) is 15.2. The molecule has 0 unspecified atom stereocenters. The van der Waals surface area contributed by atoms with Gasteiger partial charge in [-0.2, -0.15) is 0 Å². The average Bonchev–Trinajstić information content (AvgIpc) is 2.68. The van der Waals surface area contributed by atoms with Gasteiger partial charge in [-0.1, -0.05) is 12.1 Å². The Bertz CT molecular complexity index is 559. The minimum absolute atomic E-state index is 0. The fourth-order valence-electron chi connectivity index (χ4n) is 1.76. The highest BCUT2D eigenvalue weighted by atomic mass is 35.5. The lowest BCUT2D eigenvalue weighted by molar-refractivity contribution is 0.0990. The van der Waals surface area contributed by atoms with Gasteiger partial charge in [0.05, 0.1) is 19.2 Å². The summed E-state index contributed by atoms with van der Waals surface area (Å²) in [6.45, 7) is 3.87. The number of benzene rings is 1. The fourth-order valence-corrected chi connectivity index (χ4v) is 1.76. The van der Waals surface area contributed by atoms with Crippen LogP contribution in [0.4, 0.5) is 0 Å². The number of aromatic amines is 1. The third-order valence-corrected chi connectivity index (χ3v) is 2.90. The molecule has 4 nitrogen and oxygen atoms in total. The first-order valence-corrected chi connectivity index (χ1v) is 5.79. The first-order valence-electron chi connectivity index (χ1n) is 5.79. The van der Waals surface area contributed by atoms with E-state index in [0.717, 1.165) is 11.4 Å². The van der Waals surface area contributed by atoms with Crippen LogP contribution >= 0.6 is 12.4 Å². The average molecular weight is 281 g/mol. The fraction of sp³-hybridized carbons (Fsp3) is 0.286. The molecule has 0 amide bonds. The van der Waals surface area contributed by atoms with Crippen molar-refractivity contribution in [2.45, 2.75) is 20.3 Å². The Morgan fingerprint density at radius 2 is 2.11 bits per heavy atom. The molecule has 2 rings (SSSR count). The van der Waals surface area contributed by atoms with Crippen molar-refractivity contribution in [1.82, 2.24) is 9.97 Å². The van der Waals surface area contributed by atoms with Crippen LogP contribution in [-0.2, 0) is 6.42 Å². The van der Waals surface area contributed by atoms with Crippen molar-refractivity contribution in [3.63, 3.8) is 0 Å². The molecule has 0 aliphatic carbocycles. The van der Waals surface area contributed by atoms with Crippen LogP contribution in [0.25, 0.3) is 0 Å². The number of ketones is 1. The molecule has 0 spiro atoms. The quantitative estimate of drug-likeness (QED) is 0.876. The maximum atomic E-state index is 12.1. The van der Waals surface area contributed by atoms with Gasteiger partial charge in [-0.25, -0.2) is 4.98 Å². The summed E-state index contributed by atoms with van der Waals surface area (Å²) >= 11 is 0. The molecule has 102 valence electrons. The van der Waals surface area contributed by atoms with E-state index in [0.29, 0.717) is 17.1 Å². The molecule has 5 heteroatoms. The number of ether oxygens (including phenoxy) is 1. The zero-order valence-corrected chi connectivity index (χ0v) is 12.0. The van der Waals surface area contributed by atoms with E-state index in [2.05, 4.69) is 9.97 Å². The smallest absolute Gasteiger partial charge is 0.170 e. The lowest BCUT2D eigenvalue weighted by Crippen LogP contribution is -2.05. The summed E-state index contributed by atoms with van der Waals surface area (Å²) in [7, 11) is 1.59. The van der Waals surface area contributed by atoms with E-state index in [-0.39, 0.29) is 24.6 Å². The Balaban J connectivity index is 0.00000180. The van der Waals surface area contributed by atoms with Gasteiger partial charge >= 0.3 is 0 Å². The van der Waals surface area contributed by atoms with Crippen LogP contribution < -0.4 is 4.74 Å². The molecule has 0 aliphatic rings. The molecular weight excluding hydrogens is 264 g/mol.